The Morgan fingerprint density at radius 3 is 2.78 bits per heavy atom. The van der Waals surface area contributed by atoms with E-state index in [1.807, 2.05) is 55.5 Å². The van der Waals surface area contributed by atoms with Gasteiger partial charge in [-0.05, 0) is 60.5 Å². The normalized spacial score (nSPS) is 16.9. The molecule has 0 unspecified atom stereocenters. The summed E-state index contributed by atoms with van der Waals surface area (Å²) in [6.45, 7) is 4.09. The molecule has 3 heterocycles. The molecule has 6 rings (SSSR count). The largest absolute Gasteiger partial charge is 0.490 e. The van der Waals surface area contributed by atoms with Crippen molar-refractivity contribution >= 4 is 39.0 Å². The number of hydrogen-bond donors (Lipinski definition) is 2. The number of rotatable bonds is 5. The van der Waals surface area contributed by atoms with Gasteiger partial charge in [-0.1, -0.05) is 42.5 Å². The van der Waals surface area contributed by atoms with Crippen LogP contribution >= 0.6 is 11.3 Å². The number of benzene rings is 3. The molecule has 0 aliphatic carbocycles. The summed E-state index contributed by atoms with van der Waals surface area (Å²) in [6.07, 6.45) is 0.461. The van der Waals surface area contributed by atoms with E-state index in [1.54, 1.807) is 23.5 Å². The Kier molecular flexibility index (Phi) is 6.06. The number of nitrogens with zero attached hydrogens (tertiary/aromatic N) is 1. The standard InChI is InChI=1S/C29H27N3O4S/c1-3-35-23-15-18(26-30-27(33)25-21-13-14-32(2)16-24(21)37-28(25)31-26)11-12-22(23)36-29(34)20-10-6-8-17-7-4-5-9-19(17)20/h4-12,15,26,31H,3,13-14,16H2,1-2H3,(H,30,33)/t26-/m1/s1. The fourth-order valence-corrected chi connectivity index (χ4v) is 6.38. The van der Waals surface area contributed by atoms with Gasteiger partial charge in [0, 0.05) is 18.0 Å². The maximum absolute atomic E-state index is 13.1. The van der Waals surface area contributed by atoms with Crippen LogP contribution in [0.15, 0.2) is 60.7 Å². The number of esters is 1. The number of carbonyl (C=O) groups is 2. The number of nitrogens with one attached hydrogen (secondary N) is 2. The topological polar surface area (TPSA) is 79.9 Å². The van der Waals surface area contributed by atoms with Gasteiger partial charge < -0.3 is 25.0 Å². The molecule has 0 saturated carbocycles. The first-order valence-corrected chi connectivity index (χ1v) is 13.2. The molecule has 1 aromatic heterocycles. The van der Waals surface area contributed by atoms with Gasteiger partial charge in [-0.2, -0.15) is 0 Å². The summed E-state index contributed by atoms with van der Waals surface area (Å²) in [5, 5.41) is 9.29. The van der Waals surface area contributed by atoms with Gasteiger partial charge in [0.1, 0.15) is 11.2 Å². The first kappa shape index (κ1) is 23.5. The lowest BCUT2D eigenvalue weighted by molar-refractivity contribution is 0.0730. The van der Waals surface area contributed by atoms with Gasteiger partial charge in [-0.3, -0.25) is 4.79 Å². The van der Waals surface area contributed by atoms with Gasteiger partial charge in [-0.25, -0.2) is 4.79 Å². The quantitative estimate of drug-likeness (QED) is 0.276. The van der Waals surface area contributed by atoms with Crippen LogP contribution in [-0.2, 0) is 13.0 Å². The zero-order valence-electron chi connectivity index (χ0n) is 20.7. The van der Waals surface area contributed by atoms with Crippen LogP contribution < -0.4 is 20.1 Å². The number of ether oxygens (including phenoxy) is 2. The molecule has 8 heteroatoms. The summed E-state index contributed by atoms with van der Waals surface area (Å²) < 4.78 is 11.6. The molecule has 1 amide bonds. The van der Waals surface area contributed by atoms with Crippen molar-refractivity contribution in [2.45, 2.75) is 26.1 Å². The Labute approximate surface area is 219 Å². The fraction of sp³-hybridized carbons (Fsp3) is 0.241. The summed E-state index contributed by atoms with van der Waals surface area (Å²) in [7, 11) is 2.10. The maximum atomic E-state index is 13.1. The predicted molar refractivity (Wildman–Crippen MR) is 145 cm³/mol. The van der Waals surface area contributed by atoms with E-state index < -0.39 is 12.1 Å². The first-order valence-electron chi connectivity index (χ1n) is 12.4. The molecule has 7 nitrogen and oxygen atoms in total. The van der Waals surface area contributed by atoms with E-state index in [1.165, 1.54) is 4.88 Å². The Bertz CT molecular complexity index is 1520. The van der Waals surface area contributed by atoms with Gasteiger partial charge >= 0.3 is 5.97 Å². The van der Waals surface area contributed by atoms with Crippen LogP contribution in [0.2, 0.25) is 0 Å². The number of fused-ring (bicyclic) bond motifs is 4. The Morgan fingerprint density at radius 1 is 1.08 bits per heavy atom. The lowest BCUT2D eigenvalue weighted by atomic mass is 10.0. The highest BCUT2D eigenvalue weighted by Crippen LogP contribution is 2.41. The van der Waals surface area contributed by atoms with E-state index in [0.717, 1.165) is 52.0 Å². The smallest absolute Gasteiger partial charge is 0.344 e. The second kappa shape index (κ2) is 9.53. The van der Waals surface area contributed by atoms with Crippen LogP contribution in [0, 0.1) is 0 Å². The summed E-state index contributed by atoms with van der Waals surface area (Å²) in [5.74, 6) is 0.266. The Morgan fingerprint density at radius 2 is 1.92 bits per heavy atom. The molecule has 2 aliphatic rings. The number of amides is 1. The lowest BCUT2D eigenvalue weighted by Gasteiger charge is -2.28. The molecule has 0 bridgehead atoms. The summed E-state index contributed by atoms with van der Waals surface area (Å²) in [4.78, 5) is 29.7. The zero-order valence-corrected chi connectivity index (χ0v) is 21.5. The molecule has 0 saturated heterocycles. The van der Waals surface area contributed by atoms with E-state index >= 15 is 0 Å². The minimum Gasteiger partial charge on any atom is -0.490 e. The van der Waals surface area contributed by atoms with Crippen molar-refractivity contribution in [2.75, 3.05) is 25.5 Å². The number of anilines is 1. The van der Waals surface area contributed by atoms with E-state index in [2.05, 4.69) is 22.6 Å². The van der Waals surface area contributed by atoms with Crippen LogP contribution in [0.3, 0.4) is 0 Å². The van der Waals surface area contributed by atoms with Crippen LogP contribution in [0.5, 0.6) is 11.5 Å². The van der Waals surface area contributed by atoms with Crippen molar-refractivity contribution < 1.29 is 19.1 Å². The average Bonchev–Trinajstić information content (AvgIpc) is 3.27. The third-order valence-corrected chi connectivity index (χ3v) is 7.99. The molecule has 1 atom stereocenters. The fourth-order valence-electron chi connectivity index (χ4n) is 5.03. The second-order valence-electron chi connectivity index (χ2n) is 9.30. The molecular formula is C29H27N3O4S. The highest BCUT2D eigenvalue weighted by molar-refractivity contribution is 7.16. The molecule has 3 aromatic carbocycles. The van der Waals surface area contributed by atoms with Crippen molar-refractivity contribution in [2.24, 2.45) is 0 Å². The maximum Gasteiger partial charge on any atom is 0.344 e. The molecule has 0 spiro atoms. The molecule has 0 radical (unpaired) electrons. The van der Waals surface area contributed by atoms with Gasteiger partial charge in [0.05, 0.1) is 17.7 Å². The first-order chi connectivity index (χ1) is 18.0. The Balaban J connectivity index is 1.27. The Hall–Kier alpha value is -3.88. The third kappa shape index (κ3) is 4.32. The van der Waals surface area contributed by atoms with Crippen molar-refractivity contribution in [3.63, 3.8) is 0 Å². The number of thiophene rings is 1. The SMILES string of the molecule is CCOc1cc([C@@H]2NC(=O)c3c(sc4c3CCN(C)C4)N2)ccc1OC(=O)c1cccc2ccccc12. The van der Waals surface area contributed by atoms with E-state index in [0.29, 0.717) is 23.7 Å². The second-order valence-corrected chi connectivity index (χ2v) is 10.4. The summed E-state index contributed by atoms with van der Waals surface area (Å²) in [5.41, 5.74) is 3.24. The highest BCUT2D eigenvalue weighted by Gasteiger charge is 2.33. The molecule has 0 fully saturated rings. The van der Waals surface area contributed by atoms with E-state index in [9.17, 15) is 9.59 Å². The molecule has 37 heavy (non-hydrogen) atoms. The number of hydrogen-bond acceptors (Lipinski definition) is 7. The summed E-state index contributed by atoms with van der Waals surface area (Å²) in [6, 6.07) is 18.7. The monoisotopic (exact) mass is 513 g/mol. The van der Waals surface area contributed by atoms with Gasteiger partial charge in [0.15, 0.2) is 11.5 Å². The van der Waals surface area contributed by atoms with Crippen LogP contribution in [0.1, 0.15) is 49.8 Å². The van der Waals surface area contributed by atoms with Crippen molar-refractivity contribution in [3.8, 4) is 11.5 Å². The van der Waals surface area contributed by atoms with Crippen LogP contribution in [-0.4, -0.2) is 37.0 Å². The molecule has 4 aromatic rings. The molecular weight excluding hydrogens is 486 g/mol. The zero-order chi connectivity index (χ0) is 25.5. The van der Waals surface area contributed by atoms with Crippen molar-refractivity contribution in [1.29, 1.82) is 0 Å². The number of likely N-dealkylation sites (N-methyl/N-ethyl adjacent to an activating group) is 1. The molecule has 2 N–H and O–H groups in total. The van der Waals surface area contributed by atoms with E-state index in [4.69, 9.17) is 9.47 Å². The highest BCUT2D eigenvalue weighted by atomic mass is 32.1. The van der Waals surface area contributed by atoms with Crippen LogP contribution in [0.25, 0.3) is 10.8 Å². The molecule has 188 valence electrons. The summed E-state index contributed by atoms with van der Waals surface area (Å²) >= 11 is 1.65. The third-order valence-electron chi connectivity index (χ3n) is 6.84. The predicted octanol–water partition coefficient (Wildman–Crippen LogP) is 5.36. The number of carbonyl (C=O) groups excluding carboxylic acids is 2. The van der Waals surface area contributed by atoms with Crippen molar-refractivity contribution in [1.82, 2.24) is 10.2 Å². The van der Waals surface area contributed by atoms with E-state index in [-0.39, 0.29) is 5.91 Å². The van der Waals surface area contributed by atoms with Gasteiger partial charge in [0.2, 0.25) is 0 Å². The lowest BCUT2D eigenvalue weighted by Crippen LogP contribution is -2.38. The van der Waals surface area contributed by atoms with Crippen LogP contribution in [0.4, 0.5) is 5.00 Å². The average molecular weight is 514 g/mol. The van der Waals surface area contributed by atoms with Crippen molar-refractivity contribution in [3.05, 3.63) is 87.8 Å². The van der Waals surface area contributed by atoms with Gasteiger partial charge in [-0.15, -0.1) is 11.3 Å². The minimum atomic E-state index is -0.451. The molecule has 2 aliphatic heterocycles. The minimum absolute atomic E-state index is 0.0646. The van der Waals surface area contributed by atoms with Gasteiger partial charge in [0.25, 0.3) is 5.91 Å².